The van der Waals surface area contributed by atoms with Gasteiger partial charge in [-0.05, 0) is 40.2 Å². The smallest absolute Gasteiger partial charge is 0.295 e. The first-order chi connectivity index (χ1) is 9.46. The van der Waals surface area contributed by atoms with Gasteiger partial charge in [0, 0.05) is 10.5 Å². The Labute approximate surface area is 124 Å². The number of sulfonamides is 1. The molecule has 0 radical (unpaired) electrons. The summed E-state index contributed by atoms with van der Waals surface area (Å²) in [6, 6.07) is 7.57. The third kappa shape index (κ3) is 3.14. The van der Waals surface area contributed by atoms with E-state index in [9.17, 15) is 8.42 Å². The molecule has 0 aliphatic heterocycles. The van der Waals surface area contributed by atoms with Crippen molar-refractivity contribution in [3.63, 3.8) is 0 Å². The monoisotopic (exact) mass is 361 g/mol. The third-order valence-corrected chi connectivity index (χ3v) is 4.40. The number of halogens is 1. The van der Waals surface area contributed by atoms with E-state index in [0.29, 0.717) is 15.9 Å². The first kappa shape index (κ1) is 14.9. The summed E-state index contributed by atoms with van der Waals surface area (Å²) in [6.45, 7) is -0.363. The van der Waals surface area contributed by atoms with Crippen molar-refractivity contribution in [1.29, 1.82) is 0 Å². The van der Waals surface area contributed by atoms with Gasteiger partial charge >= 0.3 is 0 Å². The van der Waals surface area contributed by atoms with Gasteiger partial charge in [-0.25, -0.2) is 0 Å². The lowest BCUT2D eigenvalue weighted by Gasteiger charge is -2.09. The molecule has 0 bridgehead atoms. The highest BCUT2D eigenvalue weighted by Crippen LogP contribution is 2.29. The molecule has 8 heteroatoms. The molecule has 0 aliphatic rings. The minimum absolute atomic E-state index is 0.176. The van der Waals surface area contributed by atoms with Gasteiger partial charge in [-0.15, -0.1) is 0 Å². The van der Waals surface area contributed by atoms with Crippen molar-refractivity contribution in [2.45, 2.75) is 11.7 Å². The zero-order valence-electron chi connectivity index (χ0n) is 10.5. The second-order valence-corrected chi connectivity index (χ2v) is 6.30. The minimum Gasteiger partial charge on any atom is -0.497 e. The van der Waals surface area contributed by atoms with E-state index in [1.54, 1.807) is 12.1 Å². The molecule has 1 aromatic heterocycles. The van der Waals surface area contributed by atoms with E-state index in [1.807, 2.05) is 0 Å². The van der Waals surface area contributed by atoms with Crippen LogP contribution >= 0.6 is 15.9 Å². The minimum atomic E-state index is -3.86. The number of hydrogen-bond donors (Lipinski definition) is 2. The van der Waals surface area contributed by atoms with Crippen molar-refractivity contribution in [3.05, 3.63) is 40.6 Å². The molecule has 0 fully saturated rings. The first-order valence-electron chi connectivity index (χ1n) is 5.52. The number of aliphatic hydroxyl groups is 1. The van der Waals surface area contributed by atoms with Gasteiger partial charge in [0.25, 0.3) is 10.0 Å². The molecule has 6 nitrogen and oxygen atoms in total. The van der Waals surface area contributed by atoms with E-state index < -0.39 is 10.0 Å². The molecule has 2 rings (SSSR count). The average molecular weight is 362 g/mol. The lowest BCUT2D eigenvalue weighted by Crippen LogP contribution is -2.12. The zero-order chi connectivity index (χ0) is 14.8. The van der Waals surface area contributed by atoms with Crippen molar-refractivity contribution in [3.8, 4) is 5.75 Å². The van der Waals surface area contributed by atoms with Gasteiger partial charge in [0.15, 0.2) is 0 Å². The van der Waals surface area contributed by atoms with Crippen LogP contribution < -0.4 is 9.46 Å². The zero-order valence-corrected chi connectivity index (χ0v) is 12.9. The summed E-state index contributed by atoms with van der Waals surface area (Å²) in [5.41, 5.74) is 0.325. The van der Waals surface area contributed by atoms with E-state index in [4.69, 9.17) is 14.3 Å². The van der Waals surface area contributed by atoms with Crippen molar-refractivity contribution < 1.29 is 22.7 Å². The number of nitrogens with one attached hydrogen (secondary N) is 1. The fourth-order valence-corrected chi connectivity index (χ4v) is 2.99. The number of hydrogen-bond acceptors (Lipinski definition) is 5. The topological polar surface area (TPSA) is 88.8 Å². The summed E-state index contributed by atoms with van der Waals surface area (Å²) in [4.78, 5) is 0. The van der Waals surface area contributed by atoms with Gasteiger partial charge in [-0.2, -0.15) is 8.42 Å². The highest BCUT2D eigenvalue weighted by Gasteiger charge is 2.20. The summed E-state index contributed by atoms with van der Waals surface area (Å²) in [5, 5.41) is 8.62. The van der Waals surface area contributed by atoms with Crippen molar-refractivity contribution >= 4 is 31.6 Å². The molecule has 20 heavy (non-hydrogen) atoms. The van der Waals surface area contributed by atoms with E-state index in [1.165, 1.54) is 25.3 Å². The quantitative estimate of drug-likeness (QED) is 0.852. The van der Waals surface area contributed by atoms with Crippen molar-refractivity contribution in [2.24, 2.45) is 0 Å². The van der Waals surface area contributed by atoms with Crippen LogP contribution in [0.5, 0.6) is 5.75 Å². The Morgan fingerprint density at radius 3 is 2.70 bits per heavy atom. The SMILES string of the molecule is COc1ccc(Br)c(NS(=O)(=O)c2ccc(CO)o2)c1. The second-order valence-electron chi connectivity index (χ2n) is 3.83. The maximum atomic E-state index is 12.1. The van der Waals surface area contributed by atoms with Crippen LogP contribution in [0.2, 0.25) is 0 Å². The Hall–Kier alpha value is -1.51. The van der Waals surface area contributed by atoms with Crippen molar-refractivity contribution in [2.75, 3.05) is 11.8 Å². The number of furan rings is 1. The van der Waals surface area contributed by atoms with Gasteiger partial charge in [0.05, 0.1) is 12.8 Å². The fourth-order valence-electron chi connectivity index (χ4n) is 1.49. The predicted molar refractivity (Wildman–Crippen MR) is 76.1 cm³/mol. The van der Waals surface area contributed by atoms with Crippen molar-refractivity contribution in [1.82, 2.24) is 0 Å². The molecule has 0 unspecified atom stereocenters. The number of anilines is 1. The van der Waals surface area contributed by atoms with Crippen LogP contribution in [-0.2, 0) is 16.6 Å². The average Bonchev–Trinajstić information content (AvgIpc) is 2.91. The molecule has 108 valence electrons. The third-order valence-electron chi connectivity index (χ3n) is 2.48. The second kappa shape index (κ2) is 5.86. The number of rotatable bonds is 5. The summed E-state index contributed by atoms with van der Waals surface area (Å²) >= 11 is 3.25. The maximum absolute atomic E-state index is 12.1. The summed E-state index contributed by atoms with van der Waals surface area (Å²) < 4.78 is 37.3. The van der Waals surface area contributed by atoms with Crippen LogP contribution in [-0.4, -0.2) is 20.6 Å². The molecule has 2 N–H and O–H groups in total. The summed E-state index contributed by atoms with van der Waals surface area (Å²) in [5.74, 6) is 0.691. The molecule has 1 aromatic carbocycles. The fraction of sp³-hybridized carbons (Fsp3) is 0.167. The summed E-state index contributed by atoms with van der Waals surface area (Å²) in [6.07, 6.45) is 0. The van der Waals surface area contributed by atoms with Crippen LogP contribution in [0.25, 0.3) is 0 Å². The van der Waals surface area contributed by atoms with Crippen LogP contribution in [0.4, 0.5) is 5.69 Å². The number of methoxy groups -OCH3 is 1. The molecule has 0 aliphatic carbocycles. The molecule has 0 saturated carbocycles. The number of aliphatic hydroxyl groups excluding tert-OH is 1. The van der Waals surface area contributed by atoms with Gasteiger partial charge in [-0.3, -0.25) is 4.72 Å². The Morgan fingerprint density at radius 1 is 1.35 bits per heavy atom. The summed E-state index contributed by atoms with van der Waals surface area (Å²) in [7, 11) is -2.38. The normalized spacial score (nSPS) is 11.3. The number of ether oxygens (including phenoxy) is 1. The van der Waals surface area contributed by atoms with E-state index in [-0.39, 0.29) is 17.5 Å². The Balaban J connectivity index is 2.32. The van der Waals surface area contributed by atoms with Gasteiger partial charge in [-0.1, -0.05) is 0 Å². The van der Waals surface area contributed by atoms with E-state index >= 15 is 0 Å². The molecule has 0 saturated heterocycles. The maximum Gasteiger partial charge on any atom is 0.295 e. The van der Waals surface area contributed by atoms with E-state index in [0.717, 1.165) is 0 Å². The first-order valence-corrected chi connectivity index (χ1v) is 7.80. The Bertz CT molecular complexity index is 710. The molecule has 0 atom stereocenters. The lowest BCUT2D eigenvalue weighted by molar-refractivity contribution is 0.236. The Kier molecular flexibility index (Phi) is 4.36. The predicted octanol–water partition coefficient (Wildman–Crippen LogP) is 2.34. The van der Waals surface area contributed by atoms with Gasteiger partial charge in [0.1, 0.15) is 18.1 Å². The lowest BCUT2D eigenvalue weighted by atomic mass is 10.3. The molecule has 2 aromatic rings. The number of benzene rings is 1. The highest BCUT2D eigenvalue weighted by molar-refractivity contribution is 9.10. The Morgan fingerprint density at radius 2 is 2.10 bits per heavy atom. The molecular formula is C12H12BrNO5S. The van der Waals surface area contributed by atoms with Gasteiger partial charge in [0.2, 0.25) is 5.09 Å². The molecule has 1 heterocycles. The highest BCUT2D eigenvalue weighted by atomic mass is 79.9. The van der Waals surface area contributed by atoms with Crippen LogP contribution in [0.1, 0.15) is 5.76 Å². The van der Waals surface area contributed by atoms with E-state index in [2.05, 4.69) is 20.7 Å². The van der Waals surface area contributed by atoms with Gasteiger partial charge < -0.3 is 14.3 Å². The molecule has 0 amide bonds. The standard InChI is InChI=1S/C12H12BrNO5S/c1-18-8-2-4-10(13)11(6-8)14-20(16,17)12-5-3-9(7-15)19-12/h2-6,14-15H,7H2,1H3. The van der Waals surface area contributed by atoms with Crippen LogP contribution in [0.3, 0.4) is 0 Å². The van der Waals surface area contributed by atoms with Crippen LogP contribution in [0, 0.1) is 0 Å². The van der Waals surface area contributed by atoms with Crippen LogP contribution in [0.15, 0.2) is 44.3 Å². The molecule has 0 spiro atoms. The largest absolute Gasteiger partial charge is 0.497 e. The molecular weight excluding hydrogens is 350 g/mol.